The molecule has 0 aliphatic carbocycles. The Bertz CT molecular complexity index is 672. The summed E-state index contributed by atoms with van der Waals surface area (Å²) in [6.07, 6.45) is 6.01. The van der Waals surface area contributed by atoms with Gasteiger partial charge in [0.2, 0.25) is 5.91 Å². The Labute approximate surface area is 140 Å². The van der Waals surface area contributed by atoms with E-state index in [2.05, 4.69) is 5.10 Å². The predicted octanol–water partition coefficient (Wildman–Crippen LogP) is 2.95. The topological polar surface area (TPSA) is 47.4 Å². The van der Waals surface area contributed by atoms with E-state index in [0.717, 1.165) is 24.9 Å². The summed E-state index contributed by atoms with van der Waals surface area (Å²) in [6, 6.07) is 7.60. The summed E-state index contributed by atoms with van der Waals surface area (Å²) >= 11 is 6.24. The van der Waals surface area contributed by atoms with Crippen molar-refractivity contribution < 1.29 is 9.53 Å². The van der Waals surface area contributed by atoms with E-state index in [-0.39, 0.29) is 18.4 Å². The minimum absolute atomic E-state index is 0.0771. The van der Waals surface area contributed by atoms with Gasteiger partial charge in [-0.3, -0.25) is 9.48 Å². The summed E-state index contributed by atoms with van der Waals surface area (Å²) in [6.45, 7) is 1.47. The lowest BCUT2D eigenvalue weighted by Gasteiger charge is -2.33. The van der Waals surface area contributed by atoms with Crippen molar-refractivity contribution in [2.75, 3.05) is 20.2 Å². The lowest BCUT2D eigenvalue weighted by molar-refractivity contribution is -0.132. The minimum atomic E-state index is 0.0771. The number of benzene rings is 1. The highest BCUT2D eigenvalue weighted by molar-refractivity contribution is 6.31. The Morgan fingerprint density at radius 1 is 1.43 bits per heavy atom. The van der Waals surface area contributed by atoms with Crippen molar-refractivity contribution >= 4 is 17.5 Å². The van der Waals surface area contributed by atoms with Gasteiger partial charge >= 0.3 is 0 Å². The van der Waals surface area contributed by atoms with Crippen LogP contribution in [-0.2, 0) is 11.2 Å². The zero-order valence-electron chi connectivity index (χ0n) is 13.1. The van der Waals surface area contributed by atoms with E-state index >= 15 is 0 Å². The molecule has 0 spiro atoms. The summed E-state index contributed by atoms with van der Waals surface area (Å²) in [7, 11) is 1.59. The SMILES string of the molecule is COc1cccc(Cl)c1CC(=O)N1CCC[C@@H](n2cccn2)C1. The van der Waals surface area contributed by atoms with Crippen LogP contribution in [0.1, 0.15) is 24.4 Å². The fraction of sp³-hybridized carbons (Fsp3) is 0.412. The highest BCUT2D eigenvalue weighted by atomic mass is 35.5. The third-order valence-corrected chi connectivity index (χ3v) is 4.63. The first-order valence-corrected chi connectivity index (χ1v) is 8.15. The lowest BCUT2D eigenvalue weighted by atomic mass is 10.0. The molecule has 1 aliphatic heterocycles. The first-order chi connectivity index (χ1) is 11.2. The van der Waals surface area contributed by atoms with Crippen molar-refractivity contribution in [3.63, 3.8) is 0 Å². The summed E-state index contributed by atoms with van der Waals surface area (Å²) in [5.74, 6) is 0.736. The number of ether oxygens (including phenoxy) is 1. The second-order valence-corrected chi connectivity index (χ2v) is 6.13. The van der Waals surface area contributed by atoms with Gasteiger partial charge in [0.05, 0.1) is 19.6 Å². The van der Waals surface area contributed by atoms with Crippen LogP contribution in [0.15, 0.2) is 36.7 Å². The number of piperidine rings is 1. The van der Waals surface area contributed by atoms with E-state index in [9.17, 15) is 4.79 Å². The molecule has 122 valence electrons. The molecule has 1 amide bonds. The third kappa shape index (κ3) is 3.50. The van der Waals surface area contributed by atoms with Crippen LogP contribution in [0, 0.1) is 0 Å². The van der Waals surface area contributed by atoms with Gasteiger partial charge in [-0.25, -0.2) is 0 Å². The van der Waals surface area contributed by atoms with E-state index in [4.69, 9.17) is 16.3 Å². The number of likely N-dealkylation sites (tertiary alicyclic amines) is 1. The molecule has 0 radical (unpaired) electrons. The molecule has 0 bridgehead atoms. The molecule has 1 aromatic carbocycles. The number of hydrogen-bond donors (Lipinski definition) is 0. The highest BCUT2D eigenvalue weighted by Crippen LogP contribution is 2.28. The molecule has 1 atom stereocenters. The van der Waals surface area contributed by atoms with Crippen LogP contribution in [0.2, 0.25) is 5.02 Å². The maximum absolute atomic E-state index is 12.7. The van der Waals surface area contributed by atoms with Gasteiger partial charge in [0.25, 0.3) is 0 Å². The smallest absolute Gasteiger partial charge is 0.227 e. The predicted molar refractivity (Wildman–Crippen MR) is 88.8 cm³/mol. The fourth-order valence-electron chi connectivity index (χ4n) is 3.06. The third-order valence-electron chi connectivity index (χ3n) is 4.27. The van der Waals surface area contributed by atoms with Gasteiger partial charge in [-0.05, 0) is 31.0 Å². The molecule has 0 N–H and O–H groups in total. The van der Waals surface area contributed by atoms with Gasteiger partial charge in [0.1, 0.15) is 5.75 Å². The Morgan fingerprint density at radius 3 is 3.04 bits per heavy atom. The van der Waals surface area contributed by atoms with E-state index in [0.29, 0.717) is 17.3 Å². The molecular formula is C17H20ClN3O2. The van der Waals surface area contributed by atoms with Crippen LogP contribution >= 0.6 is 11.6 Å². The first-order valence-electron chi connectivity index (χ1n) is 7.77. The van der Waals surface area contributed by atoms with Gasteiger partial charge < -0.3 is 9.64 Å². The number of hydrogen-bond acceptors (Lipinski definition) is 3. The number of methoxy groups -OCH3 is 1. The summed E-state index contributed by atoms with van der Waals surface area (Å²) in [5, 5.41) is 4.86. The number of amides is 1. The molecule has 0 saturated carbocycles. The van der Waals surface area contributed by atoms with Crippen LogP contribution in [-0.4, -0.2) is 40.8 Å². The molecule has 5 nitrogen and oxygen atoms in total. The van der Waals surface area contributed by atoms with Gasteiger partial charge in [-0.15, -0.1) is 0 Å². The highest BCUT2D eigenvalue weighted by Gasteiger charge is 2.26. The Morgan fingerprint density at radius 2 is 2.30 bits per heavy atom. The molecule has 2 aromatic rings. The van der Waals surface area contributed by atoms with Crippen LogP contribution in [0.5, 0.6) is 5.75 Å². The van der Waals surface area contributed by atoms with Crippen LogP contribution in [0.3, 0.4) is 0 Å². The number of nitrogens with zero attached hydrogens (tertiary/aromatic N) is 3. The molecule has 23 heavy (non-hydrogen) atoms. The maximum Gasteiger partial charge on any atom is 0.227 e. The number of aromatic nitrogens is 2. The van der Waals surface area contributed by atoms with Crippen LogP contribution in [0.4, 0.5) is 0 Å². The maximum atomic E-state index is 12.7. The molecule has 2 heterocycles. The molecule has 1 saturated heterocycles. The molecule has 1 fully saturated rings. The standard InChI is InChI=1S/C17H20ClN3O2/c1-23-16-7-2-6-15(18)14(16)11-17(22)20-9-3-5-13(12-20)21-10-4-8-19-21/h2,4,6-8,10,13H,3,5,9,11-12H2,1H3/t13-/m1/s1. The Balaban J connectivity index is 1.71. The number of halogens is 1. The lowest BCUT2D eigenvalue weighted by Crippen LogP contribution is -2.41. The molecule has 1 aliphatic rings. The molecule has 6 heteroatoms. The van der Waals surface area contributed by atoms with Crippen molar-refractivity contribution in [3.8, 4) is 5.75 Å². The number of carbonyl (C=O) groups excluding carboxylic acids is 1. The molecule has 3 rings (SSSR count). The largest absolute Gasteiger partial charge is 0.496 e. The quantitative estimate of drug-likeness (QED) is 0.864. The Hall–Kier alpha value is -2.01. The zero-order chi connectivity index (χ0) is 16.2. The van der Waals surface area contributed by atoms with Crippen molar-refractivity contribution in [2.45, 2.75) is 25.3 Å². The van der Waals surface area contributed by atoms with E-state index in [1.54, 1.807) is 19.4 Å². The second kappa shape index (κ2) is 7.04. The second-order valence-electron chi connectivity index (χ2n) is 5.72. The van der Waals surface area contributed by atoms with Gasteiger partial charge in [0.15, 0.2) is 0 Å². The average molecular weight is 334 g/mol. The molecular weight excluding hydrogens is 314 g/mol. The first kappa shape index (κ1) is 15.9. The number of rotatable bonds is 4. The molecule has 1 aromatic heterocycles. The summed E-state index contributed by atoms with van der Waals surface area (Å²) in [4.78, 5) is 14.6. The zero-order valence-corrected chi connectivity index (χ0v) is 13.9. The summed E-state index contributed by atoms with van der Waals surface area (Å²) in [5.41, 5.74) is 0.753. The van der Waals surface area contributed by atoms with E-state index < -0.39 is 0 Å². The van der Waals surface area contributed by atoms with Crippen LogP contribution in [0.25, 0.3) is 0 Å². The number of carbonyl (C=O) groups is 1. The monoisotopic (exact) mass is 333 g/mol. The normalized spacial score (nSPS) is 18.0. The van der Waals surface area contributed by atoms with E-state index in [1.165, 1.54) is 0 Å². The Kier molecular flexibility index (Phi) is 4.86. The van der Waals surface area contributed by atoms with E-state index in [1.807, 2.05) is 34.0 Å². The van der Waals surface area contributed by atoms with Gasteiger partial charge in [0, 0.05) is 36.1 Å². The van der Waals surface area contributed by atoms with Gasteiger partial charge in [-0.1, -0.05) is 17.7 Å². The molecule has 0 unspecified atom stereocenters. The van der Waals surface area contributed by atoms with Crippen molar-refractivity contribution in [2.24, 2.45) is 0 Å². The fourth-order valence-corrected chi connectivity index (χ4v) is 3.29. The van der Waals surface area contributed by atoms with Crippen LogP contribution < -0.4 is 4.74 Å². The minimum Gasteiger partial charge on any atom is -0.496 e. The summed E-state index contributed by atoms with van der Waals surface area (Å²) < 4.78 is 7.27. The van der Waals surface area contributed by atoms with Gasteiger partial charge in [-0.2, -0.15) is 5.10 Å². The average Bonchev–Trinajstić information content (AvgIpc) is 3.11. The van der Waals surface area contributed by atoms with Crippen molar-refractivity contribution in [1.29, 1.82) is 0 Å². The van der Waals surface area contributed by atoms with Crippen molar-refractivity contribution in [3.05, 3.63) is 47.2 Å². The van der Waals surface area contributed by atoms with Crippen molar-refractivity contribution in [1.82, 2.24) is 14.7 Å².